The summed E-state index contributed by atoms with van der Waals surface area (Å²) in [6.45, 7) is 1.95. The molecule has 2 aromatic rings. The first-order chi connectivity index (χ1) is 8.20. The molecule has 0 aliphatic heterocycles. The number of hydrogen-bond donors (Lipinski definition) is 1. The summed E-state index contributed by atoms with van der Waals surface area (Å²) in [4.78, 5) is 4.18. The second-order valence-electron chi connectivity index (χ2n) is 3.54. The fraction of sp³-hybridized carbons (Fsp3) is 0.167. The van der Waals surface area contributed by atoms with E-state index in [1.807, 2.05) is 18.4 Å². The van der Waals surface area contributed by atoms with Crippen LogP contribution in [0, 0.1) is 17.1 Å². The molecule has 0 saturated carbocycles. The number of hydrogen-bond acceptors (Lipinski definition) is 4. The molecule has 1 unspecified atom stereocenters. The smallest absolute Gasteiger partial charge is 0.124 e. The van der Waals surface area contributed by atoms with Gasteiger partial charge in [0.15, 0.2) is 0 Å². The van der Waals surface area contributed by atoms with E-state index < -0.39 is 5.82 Å². The van der Waals surface area contributed by atoms with Crippen LogP contribution in [0.5, 0.6) is 0 Å². The van der Waals surface area contributed by atoms with Crippen molar-refractivity contribution in [3.05, 3.63) is 46.2 Å². The Morgan fingerprint density at radius 1 is 1.53 bits per heavy atom. The molecule has 2 rings (SSSR count). The van der Waals surface area contributed by atoms with E-state index in [2.05, 4.69) is 10.3 Å². The summed E-state index contributed by atoms with van der Waals surface area (Å²) in [6, 6.07) is 6.08. The average Bonchev–Trinajstić information content (AvgIpc) is 2.85. The van der Waals surface area contributed by atoms with Gasteiger partial charge in [-0.2, -0.15) is 5.26 Å². The Morgan fingerprint density at radius 3 is 3.00 bits per heavy atom. The lowest BCUT2D eigenvalue weighted by Gasteiger charge is -2.13. The molecule has 0 fully saturated rings. The number of nitriles is 1. The van der Waals surface area contributed by atoms with Gasteiger partial charge in [-0.25, -0.2) is 9.37 Å². The zero-order chi connectivity index (χ0) is 12.3. The van der Waals surface area contributed by atoms with Gasteiger partial charge in [-0.3, -0.25) is 0 Å². The number of rotatable bonds is 3. The molecule has 0 bridgehead atoms. The summed E-state index contributed by atoms with van der Waals surface area (Å²) in [7, 11) is 0. The quantitative estimate of drug-likeness (QED) is 0.905. The first-order valence-corrected chi connectivity index (χ1v) is 5.94. The molecular weight excluding hydrogens is 237 g/mol. The molecule has 17 heavy (non-hydrogen) atoms. The van der Waals surface area contributed by atoms with Crippen molar-refractivity contribution in [2.75, 3.05) is 5.32 Å². The van der Waals surface area contributed by atoms with Crippen molar-refractivity contribution in [3.63, 3.8) is 0 Å². The Hall–Kier alpha value is -1.93. The van der Waals surface area contributed by atoms with Gasteiger partial charge in [-0.15, -0.1) is 11.3 Å². The van der Waals surface area contributed by atoms with Crippen LogP contribution in [0.25, 0.3) is 0 Å². The van der Waals surface area contributed by atoms with Crippen LogP contribution in [0.2, 0.25) is 0 Å². The Balaban J connectivity index is 2.22. The van der Waals surface area contributed by atoms with E-state index in [0.717, 1.165) is 5.01 Å². The molecule has 0 amide bonds. The predicted octanol–water partition coefficient (Wildman–Crippen LogP) is 3.33. The lowest BCUT2D eigenvalue weighted by molar-refractivity contribution is 0.627. The Labute approximate surface area is 103 Å². The van der Waals surface area contributed by atoms with Crippen molar-refractivity contribution < 1.29 is 4.39 Å². The van der Waals surface area contributed by atoms with Gasteiger partial charge in [-0.05, 0) is 25.1 Å². The third-order valence-electron chi connectivity index (χ3n) is 2.30. The van der Waals surface area contributed by atoms with Gasteiger partial charge in [0.25, 0.3) is 0 Å². The van der Waals surface area contributed by atoms with Crippen molar-refractivity contribution in [2.24, 2.45) is 0 Å². The molecule has 1 aromatic carbocycles. The zero-order valence-corrected chi connectivity index (χ0v) is 9.96. The second-order valence-corrected chi connectivity index (χ2v) is 4.46. The molecule has 0 spiro atoms. The van der Waals surface area contributed by atoms with Gasteiger partial charge in [0.2, 0.25) is 0 Å². The van der Waals surface area contributed by atoms with Crippen LogP contribution in [0.1, 0.15) is 23.5 Å². The molecule has 0 radical (unpaired) electrons. The Kier molecular flexibility index (Phi) is 3.35. The number of halogens is 1. The molecule has 1 heterocycles. The molecule has 1 aromatic heterocycles. The minimum Gasteiger partial charge on any atom is -0.375 e. The highest BCUT2D eigenvalue weighted by Gasteiger charge is 2.10. The SMILES string of the molecule is CC(Nc1ccc(F)cc1C#N)c1nccs1. The topological polar surface area (TPSA) is 48.7 Å². The van der Waals surface area contributed by atoms with E-state index in [4.69, 9.17) is 5.26 Å². The predicted molar refractivity (Wildman–Crippen MR) is 65.3 cm³/mol. The first-order valence-electron chi connectivity index (χ1n) is 5.06. The molecule has 1 atom stereocenters. The first kappa shape index (κ1) is 11.6. The molecule has 0 aliphatic carbocycles. The van der Waals surface area contributed by atoms with Gasteiger partial charge < -0.3 is 5.32 Å². The van der Waals surface area contributed by atoms with E-state index in [-0.39, 0.29) is 6.04 Å². The van der Waals surface area contributed by atoms with Crippen molar-refractivity contribution in [1.29, 1.82) is 5.26 Å². The maximum absolute atomic E-state index is 13.0. The van der Waals surface area contributed by atoms with Gasteiger partial charge >= 0.3 is 0 Å². The number of aromatic nitrogens is 1. The minimum atomic E-state index is -0.408. The molecule has 0 saturated heterocycles. The van der Waals surface area contributed by atoms with E-state index >= 15 is 0 Å². The van der Waals surface area contributed by atoms with Crippen LogP contribution in [0.15, 0.2) is 29.8 Å². The minimum absolute atomic E-state index is 0.00689. The highest BCUT2D eigenvalue weighted by Crippen LogP contribution is 2.23. The molecule has 1 N–H and O–H groups in total. The van der Waals surface area contributed by atoms with E-state index in [0.29, 0.717) is 11.3 Å². The molecule has 5 heteroatoms. The summed E-state index contributed by atoms with van der Waals surface area (Å²) < 4.78 is 13.0. The fourth-order valence-electron chi connectivity index (χ4n) is 1.48. The van der Waals surface area contributed by atoms with Gasteiger partial charge in [0, 0.05) is 11.6 Å². The van der Waals surface area contributed by atoms with Crippen molar-refractivity contribution in [3.8, 4) is 6.07 Å². The van der Waals surface area contributed by atoms with Crippen LogP contribution in [0.4, 0.5) is 10.1 Å². The largest absolute Gasteiger partial charge is 0.375 e. The van der Waals surface area contributed by atoms with Crippen LogP contribution in [-0.4, -0.2) is 4.98 Å². The Bertz CT molecular complexity index is 545. The highest BCUT2D eigenvalue weighted by molar-refractivity contribution is 7.09. The van der Waals surface area contributed by atoms with Crippen LogP contribution in [0.3, 0.4) is 0 Å². The third-order valence-corrected chi connectivity index (χ3v) is 3.25. The van der Waals surface area contributed by atoms with E-state index in [9.17, 15) is 4.39 Å². The molecular formula is C12H10FN3S. The van der Waals surface area contributed by atoms with Crippen LogP contribution in [-0.2, 0) is 0 Å². The van der Waals surface area contributed by atoms with E-state index in [1.54, 1.807) is 12.3 Å². The normalized spacial score (nSPS) is 11.8. The van der Waals surface area contributed by atoms with Crippen molar-refractivity contribution in [1.82, 2.24) is 4.98 Å². The van der Waals surface area contributed by atoms with Crippen molar-refractivity contribution >= 4 is 17.0 Å². The van der Waals surface area contributed by atoms with Crippen LogP contribution >= 0.6 is 11.3 Å². The van der Waals surface area contributed by atoms with Gasteiger partial charge in [0.05, 0.1) is 17.3 Å². The fourth-order valence-corrected chi connectivity index (χ4v) is 2.12. The number of nitrogens with one attached hydrogen (secondary N) is 1. The monoisotopic (exact) mass is 247 g/mol. The molecule has 86 valence electrons. The summed E-state index contributed by atoms with van der Waals surface area (Å²) in [6.07, 6.45) is 1.73. The average molecular weight is 247 g/mol. The standard InChI is InChI=1S/C12H10FN3S/c1-8(12-15-4-5-17-12)16-11-3-2-10(13)6-9(11)7-14/h2-6,8,16H,1H3. The lowest BCUT2D eigenvalue weighted by atomic mass is 10.1. The number of thiazole rings is 1. The number of benzene rings is 1. The van der Waals surface area contributed by atoms with Gasteiger partial charge in [-0.1, -0.05) is 0 Å². The number of nitrogens with zero attached hydrogens (tertiary/aromatic N) is 2. The van der Waals surface area contributed by atoms with Crippen molar-refractivity contribution in [2.45, 2.75) is 13.0 Å². The third kappa shape index (κ3) is 2.60. The van der Waals surface area contributed by atoms with Gasteiger partial charge in [0.1, 0.15) is 16.9 Å². The Morgan fingerprint density at radius 2 is 2.35 bits per heavy atom. The zero-order valence-electron chi connectivity index (χ0n) is 9.14. The summed E-state index contributed by atoms with van der Waals surface area (Å²) in [5, 5.41) is 14.9. The summed E-state index contributed by atoms with van der Waals surface area (Å²) >= 11 is 1.54. The lowest BCUT2D eigenvalue weighted by Crippen LogP contribution is -2.07. The van der Waals surface area contributed by atoms with Crippen LogP contribution < -0.4 is 5.32 Å². The summed E-state index contributed by atoms with van der Waals surface area (Å²) in [5.41, 5.74) is 0.921. The molecule has 0 aliphatic rings. The maximum Gasteiger partial charge on any atom is 0.124 e. The number of anilines is 1. The van der Waals surface area contributed by atoms with E-state index in [1.165, 1.54) is 23.5 Å². The maximum atomic E-state index is 13.0. The second kappa shape index (κ2) is 4.93. The summed E-state index contributed by atoms with van der Waals surface area (Å²) in [5.74, 6) is -0.408. The molecule has 3 nitrogen and oxygen atoms in total. The highest BCUT2D eigenvalue weighted by atomic mass is 32.1.